The third-order valence-corrected chi connectivity index (χ3v) is 3.73. The summed E-state index contributed by atoms with van der Waals surface area (Å²) in [5, 5.41) is 6.64. The molecule has 3 rings (SSSR count). The normalized spacial score (nSPS) is 14.3. The SMILES string of the molecule is C/C(=N\N)c1ccc(NC2=CC(=O)c3ccccc3C2=O)cc1. The predicted molar refractivity (Wildman–Crippen MR) is 89.6 cm³/mol. The van der Waals surface area contributed by atoms with Crippen LogP contribution in [0.2, 0.25) is 0 Å². The van der Waals surface area contributed by atoms with Crippen molar-refractivity contribution >= 4 is 23.0 Å². The number of nitrogens with zero attached hydrogens (tertiary/aromatic N) is 1. The van der Waals surface area contributed by atoms with Gasteiger partial charge in [0.1, 0.15) is 0 Å². The van der Waals surface area contributed by atoms with Crippen LogP contribution in [0.25, 0.3) is 0 Å². The van der Waals surface area contributed by atoms with E-state index in [1.807, 2.05) is 31.2 Å². The molecule has 1 aliphatic rings. The highest BCUT2D eigenvalue weighted by Crippen LogP contribution is 2.22. The lowest BCUT2D eigenvalue weighted by molar-refractivity contribution is 0.0985. The van der Waals surface area contributed by atoms with Crippen LogP contribution in [-0.4, -0.2) is 17.3 Å². The molecule has 0 heterocycles. The van der Waals surface area contributed by atoms with Gasteiger partial charge in [-0.2, -0.15) is 5.10 Å². The van der Waals surface area contributed by atoms with E-state index < -0.39 is 0 Å². The van der Waals surface area contributed by atoms with E-state index >= 15 is 0 Å². The number of carbonyl (C=O) groups excluding carboxylic acids is 2. The topological polar surface area (TPSA) is 84.5 Å². The van der Waals surface area contributed by atoms with Crippen molar-refractivity contribution in [3.63, 3.8) is 0 Å². The van der Waals surface area contributed by atoms with Gasteiger partial charge in [0, 0.05) is 22.9 Å². The summed E-state index contributed by atoms with van der Waals surface area (Å²) in [6, 6.07) is 14.1. The average Bonchev–Trinajstić information content (AvgIpc) is 2.59. The van der Waals surface area contributed by atoms with E-state index in [0.29, 0.717) is 22.5 Å². The molecule has 0 spiro atoms. The van der Waals surface area contributed by atoms with Gasteiger partial charge in [-0.25, -0.2) is 0 Å². The van der Waals surface area contributed by atoms with Gasteiger partial charge >= 0.3 is 0 Å². The number of nitrogens with two attached hydrogens (primary N) is 1. The third-order valence-electron chi connectivity index (χ3n) is 3.73. The first-order valence-corrected chi connectivity index (χ1v) is 7.12. The Balaban J connectivity index is 1.87. The molecular formula is C18H15N3O2. The van der Waals surface area contributed by atoms with E-state index in [-0.39, 0.29) is 17.3 Å². The molecule has 0 fully saturated rings. The zero-order valence-corrected chi connectivity index (χ0v) is 12.5. The van der Waals surface area contributed by atoms with Gasteiger partial charge in [0.05, 0.1) is 11.4 Å². The fourth-order valence-corrected chi connectivity index (χ4v) is 2.43. The van der Waals surface area contributed by atoms with Crippen LogP contribution in [0.1, 0.15) is 33.2 Å². The third kappa shape index (κ3) is 2.76. The van der Waals surface area contributed by atoms with Crippen LogP contribution in [0, 0.1) is 0 Å². The van der Waals surface area contributed by atoms with Crippen molar-refractivity contribution in [1.29, 1.82) is 0 Å². The van der Waals surface area contributed by atoms with Gasteiger partial charge in [0.2, 0.25) is 5.78 Å². The molecule has 0 atom stereocenters. The number of fused-ring (bicyclic) bond motifs is 1. The van der Waals surface area contributed by atoms with Crippen LogP contribution >= 0.6 is 0 Å². The molecule has 0 radical (unpaired) electrons. The van der Waals surface area contributed by atoms with Crippen molar-refractivity contribution in [2.24, 2.45) is 10.9 Å². The van der Waals surface area contributed by atoms with E-state index in [9.17, 15) is 9.59 Å². The van der Waals surface area contributed by atoms with Crippen molar-refractivity contribution in [3.8, 4) is 0 Å². The van der Waals surface area contributed by atoms with Crippen LogP contribution in [0.3, 0.4) is 0 Å². The Morgan fingerprint density at radius 2 is 1.65 bits per heavy atom. The number of hydrazone groups is 1. The van der Waals surface area contributed by atoms with Gasteiger partial charge in [-0.3, -0.25) is 9.59 Å². The lowest BCUT2D eigenvalue weighted by atomic mass is 9.92. The number of anilines is 1. The summed E-state index contributed by atoms with van der Waals surface area (Å²) in [5.41, 5.74) is 3.45. The Morgan fingerprint density at radius 3 is 2.30 bits per heavy atom. The van der Waals surface area contributed by atoms with Gasteiger partial charge in [0.15, 0.2) is 5.78 Å². The second-order valence-corrected chi connectivity index (χ2v) is 5.21. The van der Waals surface area contributed by atoms with E-state index in [4.69, 9.17) is 5.84 Å². The number of benzene rings is 2. The monoisotopic (exact) mass is 305 g/mol. The lowest BCUT2D eigenvalue weighted by Gasteiger charge is -2.16. The van der Waals surface area contributed by atoms with Gasteiger partial charge in [-0.15, -0.1) is 0 Å². The van der Waals surface area contributed by atoms with Crippen molar-refractivity contribution in [2.45, 2.75) is 6.92 Å². The molecule has 0 unspecified atom stereocenters. The molecule has 2 aromatic rings. The summed E-state index contributed by atoms with van der Waals surface area (Å²) in [5.74, 6) is 4.89. The molecule has 0 aliphatic heterocycles. The molecule has 5 nitrogen and oxygen atoms in total. The number of allylic oxidation sites excluding steroid dienone is 2. The quantitative estimate of drug-likeness (QED) is 0.519. The first-order valence-electron chi connectivity index (χ1n) is 7.12. The Labute approximate surface area is 133 Å². The molecule has 0 saturated carbocycles. The zero-order chi connectivity index (χ0) is 16.4. The highest BCUT2D eigenvalue weighted by atomic mass is 16.1. The van der Waals surface area contributed by atoms with Gasteiger partial charge in [0.25, 0.3) is 0 Å². The van der Waals surface area contributed by atoms with Crippen LogP contribution in [0.15, 0.2) is 65.4 Å². The highest BCUT2D eigenvalue weighted by molar-refractivity contribution is 6.25. The summed E-state index contributed by atoms with van der Waals surface area (Å²) in [4.78, 5) is 24.6. The minimum absolute atomic E-state index is 0.176. The number of hydrogen-bond donors (Lipinski definition) is 2. The summed E-state index contributed by atoms with van der Waals surface area (Å²) in [6.45, 7) is 1.81. The number of ketones is 2. The van der Waals surface area contributed by atoms with Crippen LogP contribution < -0.4 is 11.2 Å². The number of Topliss-reactive ketones (excluding diaryl/α,β-unsaturated/α-hetero) is 1. The van der Waals surface area contributed by atoms with Crippen molar-refractivity contribution in [3.05, 3.63) is 77.0 Å². The first-order chi connectivity index (χ1) is 11.1. The Kier molecular flexibility index (Phi) is 3.76. The van der Waals surface area contributed by atoms with E-state index in [2.05, 4.69) is 10.4 Å². The molecule has 23 heavy (non-hydrogen) atoms. The van der Waals surface area contributed by atoms with Crippen molar-refractivity contribution < 1.29 is 9.59 Å². The summed E-state index contributed by atoms with van der Waals surface area (Å²) in [6.07, 6.45) is 1.34. The van der Waals surface area contributed by atoms with E-state index in [1.165, 1.54) is 6.08 Å². The molecule has 0 aromatic heterocycles. The molecule has 5 heteroatoms. The Morgan fingerprint density at radius 1 is 1.00 bits per heavy atom. The van der Waals surface area contributed by atoms with Gasteiger partial charge < -0.3 is 11.2 Å². The second-order valence-electron chi connectivity index (χ2n) is 5.21. The maximum atomic E-state index is 12.5. The second kappa shape index (κ2) is 5.88. The van der Waals surface area contributed by atoms with Crippen molar-refractivity contribution in [2.75, 3.05) is 5.32 Å². The van der Waals surface area contributed by atoms with Gasteiger partial charge in [-0.1, -0.05) is 36.4 Å². The predicted octanol–water partition coefficient (Wildman–Crippen LogP) is 2.74. The standard InChI is InChI=1S/C18H15N3O2/c1-11(21-19)12-6-8-13(9-7-12)20-16-10-17(22)14-4-2-3-5-15(14)18(16)23/h2-10,20H,19H2,1H3/b21-11+. The maximum Gasteiger partial charge on any atom is 0.210 e. The molecule has 114 valence electrons. The fraction of sp³-hybridized carbons (Fsp3) is 0.0556. The largest absolute Gasteiger partial charge is 0.352 e. The molecule has 0 bridgehead atoms. The van der Waals surface area contributed by atoms with E-state index in [1.54, 1.807) is 24.3 Å². The smallest absolute Gasteiger partial charge is 0.210 e. The molecule has 0 amide bonds. The number of nitrogens with one attached hydrogen (secondary N) is 1. The lowest BCUT2D eigenvalue weighted by Crippen LogP contribution is -2.21. The first kappa shape index (κ1) is 14.7. The fourth-order valence-electron chi connectivity index (χ4n) is 2.43. The highest BCUT2D eigenvalue weighted by Gasteiger charge is 2.25. The van der Waals surface area contributed by atoms with E-state index in [0.717, 1.165) is 5.56 Å². The number of rotatable bonds is 3. The molecular weight excluding hydrogens is 290 g/mol. The Bertz CT molecular complexity index is 849. The summed E-state index contributed by atoms with van der Waals surface area (Å²) in [7, 11) is 0. The number of carbonyl (C=O) groups is 2. The minimum Gasteiger partial charge on any atom is -0.352 e. The molecule has 0 saturated heterocycles. The Hall–Kier alpha value is -3.21. The summed E-state index contributed by atoms with van der Waals surface area (Å²) >= 11 is 0. The molecule has 1 aliphatic carbocycles. The van der Waals surface area contributed by atoms with Crippen molar-refractivity contribution in [1.82, 2.24) is 0 Å². The average molecular weight is 305 g/mol. The molecule has 2 aromatic carbocycles. The van der Waals surface area contributed by atoms with Crippen LogP contribution in [0.4, 0.5) is 5.69 Å². The van der Waals surface area contributed by atoms with Crippen LogP contribution in [0.5, 0.6) is 0 Å². The number of hydrogen-bond acceptors (Lipinski definition) is 5. The zero-order valence-electron chi connectivity index (χ0n) is 12.5. The minimum atomic E-state index is -0.191. The maximum absolute atomic E-state index is 12.5. The summed E-state index contributed by atoms with van der Waals surface area (Å²) < 4.78 is 0. The molecule has 3 N–H and O–H groups in total. The van der Waals surface area contributed by atoms with Crippen LogP contribution in [-0.2, 0) is 0 Å². The van der Waals surface area contributed by atoms with Gasteiger partial charge in [-0.05, 0) is 24.6 Å².